The molecule has 0 atom stereocenters. The molecule has 0 aromatic carbocycles. The highest BCUT2D eigenvalue weighted by Crippen LogP contribution is 2.17. The van der Waals surface area contributed by atoms with E-state index >= 15 is 0 Å². The van der Waals surface area contributed by atoms with Crippen molar-refractivity contribution in [3.8, 4) is 0 Å². The average molecular weight is 270 g/mol. The van der Waals surface area contributed by atoms with Gasteiger partial charge in [0, 0.05) is 19.0 Å². The highest BCUT2D eigenvalue weighted by atomic mass is 16.4. The number of carboxylic acids is 1. The van der Waals surface area contributed by atoms with Crippen molar-refractivity contribution in [1.82, 2.24) is 10.2 Å². The third-order valence-corrected chi connectivity index (χ3v) is 3.52. The van der Waals surface area contributed by atoms with Crippen LogP contribution in [0.15, 0.2) is 0 Å². The Kier molecular flexibility index (Phi) is 7.48. The van der Waals surface area contributed by atoms with Crippen LogP contribution in [-0.2, 0) is 9.59 Å². The molecule has 1 saturated carbocycles. The van der Waals surface area contributed by atoms with Crippen LogP contribution in [0.2, 0.25) is 0 Å². The lowest BCUT2D eigenvalue weighted by atomic mass is 9.95. The minimum atomic E-state index is -0.832. The quantitative estimate of drug-likeness (QED) is 0.703. The largest absolute Gasteiger partial charge is 0.480 e. The van der Waals surface area contributed by atoms with E-state index in [4.69, 9.17) is 5.11 Å². The van der Waals surface area contributed by atoms with Gasteiger partial charge in [0.05, 0.1) is 6.54 Å². The van der Waals surface area contributed by atoms with Crippen molar-refractivity contribution in [2.24, 2.45) is 0 Å². The molecule has 0 bridgehead atoms. The first-order valence-corrected chi connectivity index (χ1v) is 7.35. The lowest BCUT2D eigenvalue weighted by Gasteiger charge is -2.24. The van der Waals surface area contributed by atoms with Crippen molar-refractivity contribution in [3.63, 3.8) is 0 Å². The van der Waals surface area contributed by atoms with Crippen molar-refractivity contribution in [1.29, 1.82) is 0 Å². The molecule has 0 aromatic rings. The molecule has 19 heavy (non-hydrogen) atoms. The predicted molar refractivity (Wildman–Crippen MR) is 74.0 cm³/mol. The smallest absolute Gasteiger partial charge is 0.317 e. The summed E-state index contributed by atoms with van der Waals surface area (Å²) < 4.78 is 0. The number of carboxylic acid groups (broad SMARTS) is 1. The van der Waals surface area contributed by atoms with E-state index in [1.165, 1.54) is 19.3 Å². The van der Waals surface area contributed by atoms with Gasteiger partial charge in [0.2, 0.25) is 5.91 Å². The number of nitrogens with zero attached hydrogens (tertiary/aromatic N) is 1. The summed E-state index contributed by atoms with van der Waals surface area (Å²) in [5.41, 5.74) is 0. The van der Waals surface area contributed by atoms with E-state index in [0.717, 1.165) is 25.8 Å². The van der Waals surface area contributed by atoms with E-state index in [9.17, 15) is 9.59 Å². The van der Waals surface area contributed by atoms with Gasteiger partial charge in [0.1, 0.15) is 0 Å². The molecule has 0 spiro atoms. The molecular formula is C14H26N2O3. The summed E-state index contributed by atoms with van der Waals surface area (Å²) in [6.07, 6.45) is 7.13. The normalized spacial score (nSPS) is 16.5. The Balaban J connectivity index is 2.23. The number of hydrogen-bond donors (Lipinski definition) is 2. The summed E-state index contributed by atoms with van der Waals surface area (Å²) in [4.78, 5) is 24.3. The zero-order valence-corrected chi connectivity index (χ0v) is 11.9. The van der Waals surface area contributed by atoms with Gasteiger partial charge in [-0.1, -0.05) is 26.2 Å². The molecule has 1 rings (SSSR count). The molecule has 1 aliphatic carbocycles. The maximum Gasteiger partial charge on any atom is 0.317 e. The summed E-state index contributed by atoms with van der Waals surface area (Å²) in [7, 11) is 0. The van der Waals surface area contributed by atoms with Crippen molar-refractivity contribution < 1.29 is 14.7 Å². The van der Waals surface area contributed by atoms with Gasteiger partial charge in [-0.25, -0.2) is 0 Å². The van der Waals surface area contributed by atoms with Gasteiger partial charge in [-0.2, -0.15) is 0 Å². The Labute approximate surface area is 115 Å². The Morgan fingerprint density at radius 2 is 1.89 bits per heavy atom. The first-order chi connectivity index (χ1) is 9.11. The molecule has 0 heterocycles. The van der Waals surface area contributed by atoms with Crippen LogP contribution in [0.5, 0.6) is 0 Å². The van der Waals surface area contributed by atoms with Crippen LogP contribution in [0.25, 0.3) is 0 Å². The van der Waals surface area contributed by atoms with Gasteiger partial charge in [-0.15, -0.1) is 0 Å². The molecule has 1 aliphatic rings. The molecular weight excluding hydrogens is 244 g/mol. The van der Waals surface area contributed by atoms with E-state index in [1.54, 1.807) is 0 Å². The van der Waals surface area contributed by atoms with Gasteiger partial charge < -0.3 is 10.4 Å². The molecule has 2 N–H and O–H groups in total. The second kappa shape index (κ2) is 8.91. The first-order valence-electron chi connectivity index (χ1n) is 7.35. The summed E-state index contributed by atoms with van der Waals surface area (Å²) in [6.45, 7) is 3.28. The number of carbonyl (C=O) groups is 2. The molecule has 0 aromatic heterocycles. The highest BCUT2D eigenvalue weighted by molar-refractivity contribution is 5.76. The first kappa shape index (κ1) is 16.0. The summed E-state index contributed by atoms with van der Waals surface area (Å²) in [6, 6.07) is 0.334. The minimum absolute atomic E-state index is 0.0184. The summed E-state index contributed by atoms with van der Waals surface area (Å²) >= 11 is 0. The second-order valence-corrected chi connectivity index (χ2v) is 5.32. The third-order valence-electron chi connectivity index (χ3n) is 3.52. The maximum absolute atomic E-state index is 11.8. The maximum atomic E-state index is 11.8. The summed E-state index contributed by atoms with van der Waals surface area (Å²) in [5, 5.41) is 11.9. The number of aliphatic carboxylic acids is 1. The fraction of sp³-hybridized carbons (Fsp3) is 0.857. The van der Waals surface area contributed by atoms with E-state index in [1.807, 2.05) is 11.8 Å². The monoisotopic (exact) mass is 270 g/mol. The molecule has 0 radical (unpaired) electrons. The molecule has 0 unspecified atom stereocenters. The van der Waals surface area contributed by atoms with Crippen LogP contribution in [0.4, 0.5) is 0 Å². The average Bonchev–Trinajstić information content (AvgIpc) is 2.37. The van der Waals surface area contributed by atoms with Crippen LogP contribution >= 0.6 is 0 Å². The van der Waals surface area contributed by atoms with Crippen molar-refractivity contribution >= 4 is 11.9 Å². The van der Waals surface area contributed by atoms with Gasteiger partial charge in [-0.05, 0) is 25.8 Å². The SMILES string of the molecule is CCCN(CCC(=O)NC1CCCCC1)CC(=O)O. The summed E-state index contributed by atoms with van der Waals surface area (Å²) in [5.74, 6) is -0.778. The predicted octanol–water partition coefficient (Wildman–Crippen LogP) is 1.62. The number of hydrogen-bond acceptors (Lipinski definition) is 3. The van der Waals surface area contributed by atoms with Crippen molar-refractivity contribution in [2.75, 3.05) is 19.6 Å². The Morgan fingerprint density at radius 1 is 1.21 bits per heavy atom. The standard InChI is InChI=1S/C14H26N2O3/c1-2-9-16(11-14(18)19)10-8-13(17)15-12-6-4-3-5-7-12/h12H,2-11H2,1H3,(H,15,17)(H,18,19). The van der Waals surface area contributed by atoms with Crippen LogP contribution < -0.4 is 5.32 Å². The molecule has 5 heteroatoms. The fourth-order valence-corrected chi connectivity index (χ4v) is 2.58. The lowest BCUT2D eigenvalue weighted by molar-refractivity contribution is -0.138. The van der Waals surface area contributed by atoms with Crippen molar-refractivity contribution in [3.05, 3.63) is 0 Å². The highest BCUT2D eigenvalue weighted by Gasteiger charge is 2.16. The Morgan fingerprint density at radius 3 is 2.47 bits per heavy atom. The van der Waals surface area contributed by atoms with Crippen LogP contribution in [0, 0.1) is 0 Å². The molecule has 1 fully saturated rings. The minimum Gasteiger partial charge on any atom is -0.480 e. The second-order valence-electron chi connectivity index (χ2n) is 5.32. The zero-order valence-electron chi connectivity index (χ0n) is 11.9. The number of nitrogens with one attached hydrogen (secondary N) is 1. The van der Waals surface area contributed by atoms with E-state index in [-0.39, 0.29) is 12.5 Å². The topological polar surface area (TPSA) is 69.6 Å². The number of carbonyl (C=O) groups excluding carboxylic acids is 1. The molecule has 110 valence electrons. The van der Waals surface area contributed by atoms with Crippen molar-refractivity contribution in [2.45, 2.75) is 57.9 Å². The molecule has 0 aliphatic heterocycles. The van der Waals surface area contributed by atoms with Gasteiger partial charge in [0.25, 0.3) is 0 Å². The van der Waals surface area contributed by atoms with E-state index in [0.29, 0.717) is 19.0 Å². The van der Waals surface area contributed by atoms with Crippen LogP contribution in [0.3, 0.4) is 0 Å². The van der Waals surface area contributed by atoms with Gasteiger partial charge in [-0.3, -0.25) is 14.5 Å². The molecule has 0 saturated heterocycles. The molecule has 5 nitrogen and oxygen atoms in total. The fourth-order valence-electron chi connectivity index (χ4n) is 2.58. The lowest BCUT2D eigenvalue weighted by Crippen LogP contribution is -2.39. The Hall–Kier alpha value is -1.10. The Bertz CT molecular complexity index is 288. The number of rotatable bonds is 8. The third kappa shape index (κ3) is 7.15. The van der Waals surface area contributed by atoms with Crippen LogP contribution in [0.1, 0.15) is 51.9 Å². The van der Waals surface area contributed by atoms with E-state index in [2.05, 4.69) is 5.32 Å². The van der Waals surface area contributed by atoms with Gasteiger partial charge in [0.15, 0.2) is 0 Å². The van der Waals surface area contributed by atoms with E-state index < -0.39 is 5.97 Å². The molecule has 1 amide bonds. The number of amides is 1. The zero-order chi connectivity index (χ0) is 14.1. The van der Waals surface area contributed by atoms with Crippen LogP contribution in [-0.4, -0.2) is 47.6 Å². The van der Waals surface area contributed by atoms with Gasteiger partial charge >= 0.3 is 5.97 Å².